The lowest BCUT2D eigenvalue weighted by molar-refractivity contribution is 0.363. The Hall–Kier alpha value is -8.70. The molecule has 0 radical (unpaired) electrons. The van der Waals surface area contributed by atoms with E-state index in [2.05, 4.69) is 72.8 Å². The standard InChI is InChI=1S/C64H41NO6P2/c66-72(68-61-49-33-17-13-29-45(49)37-53(41-21-5-1-6-22-41)57(61)58-54(42-23-7-2-8-24-42)38-46-30-14-18-34-50(46)62(58)69-72)65-73(67)70-63-51-35-19-15-31-47(51)39-55(43-25-9-3-10-26-43)59(63)60-56(44-27-11-4-12-28-44)40-48-32-16-20-36-52(48)64(60)71-73/h1-40,66H. The third kappa shape index (κ3) is 7.24. The molecule has 7 nitrogen and oxygen atoms in total. The van der Waals surface area contributed by atoms with Gasteiger partial charge in [-0.2, -0.15) is 0 Å². The lowest BCUT2D eigenvalue weighted by Gasteiger charge is -2.22. The number of nitrogens with zero attached hydrogens (tertiary/aromatic N) is 1. The van der Waals surface area contributed by atoms with Crippen LogP contribution in [0.3, 0.4) is 0 Å². The van der Waals surface area contributed by atoms with Gasteiger partial charge in [-0.1, -0.05) is 223 Å². The van der Waals surface area contributed by atoms with E-state index >= 15 is 4.57 Å². The van der Waals surface area contributed by atoms with Crippen molar-refractivity contribution in [3.63, 3.8) is 0 Å². The van der Waals surface area contributed by atoms with Crippen molar-refractivity contribution < 1.29 is 27.6 Å². The van der Waals surface area contributed by atoms with Gasteiger partial charge in [0.15, 0.2) is 0 Å². The van der Waals surface area contributed by atoms with E-state index in [1.165, 1.54) is 0 Å². The van der Waals surface area contributed by atoms with E-state index < -0.39 is 15.5 Å². The van der Waals surface area contributed by atoms with Crippen LogP contribution in [0.1, 0.15) is 0 Å². The molecule has 0 saturated heterocycles. The summed E-state index contributed by atoms with van der Waals surface area (Å²) in [6, 6.07) is 80.5. The van der Waals surface area contributed by atoms with Gasteiger partial charge in [-0.25, -0.2) is 4.57 Å². The molecule has 14 rings (SSSR count). The minimum absolute atomic E-state index is 0.283. The molecule has 9 heteroatoms. The van der Waals surface area contributed by atoms with Crippen molar-refractivity contribution in [2.45, 2.75) is 0 Å². The first-order valence-corrected chi connectivity index (χ1v) is 27.1. The number of fused-ring (bicyclic) bond motifs is 14. The molecule has 0 aliphatic carbocycles. The second-order valence-corrected chi connectivity index (χ2v) is 21.6. The molecular weight excluding hydrogens is 941 g/mol. The molecule has 2 aliphatic rings. The van der Waals surface area contributed by atoms with Gasteiger partial charge in [-0.3, -0.25) is 4.89 Å². The van der Waals surface area contributed by atoms with Gasteiger partial charge in [-0.15, -0.1) is 0 Å². The fourth-order valence-electron chi connectivity index (χ4n) is 10.7. The Morgan fingerprint density at radius 3 is 0.808 bits per heavy atom. The minimum Gasteiger partial charge on any atom is -0.408 e. The van der Waals surface area contributed by atoms with Crippen LogP contribution in [-0.4, -0.2) is 4.89 Å². The summed E-state index contributed by atoms with van der Waals surface area (Å²) in [4.78, 5) is 13.8. The van der Waals surface area contributed by atoms with Crippen LogP contribution < -0.4 is 18.1 Å². The van der Waals surface area contributed by atoms with Crippen molar-refractivity contribution >= 4 is 58.6 Å². The van der Waals surface area contributed by atoms with E-state index in [1.54, 1.807) is 0 Å². The zero-order valence-corrected chi connectivity index (χ0v) is 40.7. The molecule has 0 bridgehead atoms. The normalized spacial score (nSPS) is 14.0. The van der Waals surface area contributed by atoms with Crippen molar-refractivity contribution in [1.82, 2.24) is 0 Å². The molecular formula is C64H41NO6P2. The van der Waals surface area contributed by atoms with Crippen LogP contribution in [0.5, 0.6) is 23.0 Å². The van der Waals surface area contributed by atoms with Crippen LogP contribution in [0.2, 0.25) is 0 Å². The van der Waals surface area contributed by atoms with E-state index in [1.807, 2.05) is 170 Å². The van der Waals surface area contributed by atoms with Crippen LogP contribution in [0, 0.1) is 0 Å². The highest BCUT2D eigenvalue weighted by Gasteiger charge is 2.45. The summed E-state index contributed by atoms with van der Waals surface area (Å²) < 4.78 is 50.1. The molecule has 0 saturated carbocycles. The van der Waals surface area contributed by atoms with E-state index in [0.717, 1.165) is 66.1 Å². The van der Waals surface area contributed by atoms with Crippen molar-refractivity contribution in [1.29, 1.82) is 0 Å². The number of hydrogen-bond donors (Lipinski definition) is 1. The van der Waals surface area contributed by atoms with Gasteiger partial charge in [0.25, 0.3) is 0 Å². The second kappa shape index (κ2) is 17.0. The van der Waals surface area contributed by atoms with Crippen molar-refractivity contribution in [2.75, 3.05) is 0 Å². The van der Waals surface area contributed by atoms with Crippen molar-refractivity contribution in [2.24, 2.45) is 4.52 Å². The number of hydrogen-bond acceptors (Lipinski definition) is 5. The highest BCUT2D eigenvalue weighted by molar-refractivity contribution is 7.64. The summed E-state index contributed by atoms with van der Waals surface area (Å²) in [6.07, 6.45) is 0. The monoisotopic (exact) mass is 981 g/mol. The van der Waals surface area contributed by atoms with Crippen LogP contribution in [0.25, 0.3) is 110 Å². The molecule has 0 unspecified atom stereocenters. The van der Waals surface area contributed by atoms with Gasteiger partial charge in [0.05, 0.1) is 0 Å². The van der Waals surface area contributed by atoms with Crippen LogP contribution >= 0.6 is 15.5 Å². The molecule has 2 heterocycles. The Morgan fingerprint density at radius 1 is 0.301 bits per heavy atom. The summed E-state index contributed by atoms with van der Waals surface area (Å²) in [5.41, 5.74) is 9.72. The molecule has 0 amide bonds. The molecule has 0 fully saturated rings. The Morgan fingerprint density at radius 2 is 0.534 bits per heavy atom. The molecule has 2 aliphatic heterocycles. The molecule has 348 valence electrons. The van der Waals surface area contributed by atoms with Gasteiger partial charge in [0.2, 0.25) is 0 Å². The molecule has 12 aromatic carbocycles. The summed E-state index contributed by atoms with van der Waals surface area (Å²) >= 11 is 0. The maximum Gasteiger partial charge on any atom is 0.569 e. The first-order valence-electron chi connectivity index (χ1n) is 24.1. The lowest BCUT2D eigenvalue weighted by Crippen LogP contribution is -2.04. The second-order valence-electron chi connectivity index (χ2n) is 18.3. The molecule has 0 aromatic heterocycles. The van der Waals surface area contributed by atoms with Crippen LogP contribution in [-0.2, 0) is 4.57 Å². The van der Waals surface area contributed by atoms with Gasteiger partial charge in [-0.05, 0) is 90.3 Å². The molecule has 0 spiro atoms. The molecule has 1 N–H and O–H groups in total. The van der Waals surface area contributed by atoms with Crippen LogP contribution in [0.4, 0.5) is 0 Å². The SMILES string of the molecule is O=P1(N=P2(O)Oc3c(c(-c4ccccc4)cc4ccccc34)-c3c(-c4ccccc4)cc4ccccc4c3O2)Oc2c(c(-c3ccccc3)cc3ccccc23)-c2c(-c3ccccc3)cc3ccccc3c2O1. The fourth-order valence-corrected chi connectivity index (χ4v) is 14.2. The average molecular weight is 982 g/mol. The topological polar surface area (TPSA) is 86.6 Å². The summed E-state index contributed by atoms with van der Waals surface area (Å²) in [6.45, 7) is 0. The molecule has 0 atom stereocenters. The van der Waals surface area contributed by atoms with E-state index in [0.29, 0.717) is 55.3 Å². The molecule has 12 aromatic rings. The predicted octanol–water partition coefficient (Wildman–Crippen LogP) is 18.6. The zero-order valence-electron chi connectivity index (χ0n) is 38.9. The quantitative estimate of drug-likeness (QED) is 0.173. The Kier molecular flexibility index (Phi) is 10.0. The Labute approximate surface area is 421 Å². The first kappa shape index (κ1) is 43.1. The number of rotatable bonds is 5. The maximum atomic E-state index is 16.8. The van der Waals surface area contributed by atoms with Gasteiger partial charge < -0.3 is 18.1 Å². The fraction of sp³-hybridized carbons (Fsp3) is 0. The van der Waals surface area contributed by atoms with E-state index in [-0.39, 0.29) is 11.5 Å². The van der Waals surface area contributed by atoms with Gasteiger partial charge in [0.1, 0.15) is 23.0 Å². The summed E-state index contributed by atoms with van der Waals surface area (Å²) in [7, 11) is -9.84. The van der Waals surface area contributed by atoms with Gasteiger partial charge >= 0.3 is 15.5 Å². The summed E-state index contributed by atoms with van der Waals surface area (Å²) in [5.74, 6) is 1.20. The first-order chi connectivity index (χ1) is 35.9. The highest BCUT2D eigenvalue weighted by Crippen LogP contribution is 2.70. The predicted molar refractivity (Wildman–Crippen MR) is 297 cm³/mol. The molecule has 73 heavy (non-hydrogen) atoms. The maximum absolute atomic E-state index is 16.8. The third-order valence-corrected chi connectivity index (χ3v) is 17.4. The Bertz CT molecular complexity index is 4050. The number of benzene rings is 12. The zero-order chi connectivity index (χ0) is 48.7. The van der Waals surface area contributed by atoms with E-state index in [4.69, 9.17) is 22.6 Å². The lowest BCUT2D eigenvalue weighted by atomic mass is 9.84. The average Bonchev–Trinajstić information content (AvgIpc) is 3.67. The van der Waals surface area contributed by atoms with Crippen LogP contribution in [0.15, 0.2) is 247 Å². The highest BCUT2D eigenvalue weighted by atomic mass is 31.2. The summed E-state index contributed by atoms with van der Waals surface area (Å²) in [5, 5.41) is 6.15. The van der Waals surface area contributed by atoms with Gasteiger partial charge in [0, 0.05) is 43.8 Å². The van der Waals surface area contributed by atoms with E-state index in [9.17, 15) is 4.89 Å². The smallest absolute Gasteiger partial charge is 0.408 e. The largest absolute Gasteiger partial charge is 0.569 e. The Balaban J connectivity index is 1.12. The third-order valence-electron chi connectivity index (χ3n) is 13.9. The minimum atomic E-state index is -5.02. The van der Waals surface area contributed by atoms with Crippen molar-refractivity contribution in [3.8, 4) is 89.8 Å². The van der Waals surface area contributed by atoms with Crippen molar-refractivity contribution in [3.05, 3.63) is 243 Å².